The Morgan fingerprint density at radius 3 is 2.21 bits per heavy atom. The quantitative estimate of drug-likeness (QED) is 0.574. The lowest BCUT2D eigenvalue weighted by Crippen LogP contribution is -2.36. The summed E-state index contributed by atoms with van der Waals surface area (Å²) in [5.41, 5.74) is 8.52. The van der Waals surface area contributed by atoms with Gasteiger partial charge in [0.25, 0.3) is 5.91 Å². The molecule has 3 aromatic rings. The maximum atomic E-state index is 13.5. The topological polar surface area (TPSA) is 102 Å². The van der Waals surface area contributed by atoms with E-state index in [9.17, 15) is 14.4 Å². The number of carbonyl (C=O) groups excluding carboxylic acids is 3. The van der Waals surface area contributed by atoms with Crippen molar-refractivity contribution >= 4 is 34.2 Å². The summed E-state index contributed by atoms with van der Waals surface area (Å²) < 4.78 is 5.11. The van der Waals surface area contributed by atoms with Crippen molar-refractivity contribution in [2.24, 2.45) is 5.73 Å². The summed E-state index contributed by atoms with van der Waals surface area (Å²) in [6, 6.07) is 19.0. The van der Waals surface area contributed by atoms with Crippen LogP contribution in [0.5, 0.6) is 0 Å². The first-order chi connectivity index (χ1) is 16.0. The lowest BCUT2D eigenvalue weighted by molar-refractivity contribution is -0.116. The summed E-state index contributed by atoms with van der Waals surface area (Å²) in [5, 5.41) is 3.38. The van der Waals surface area contributed by atoms with Crippen LogP contribution in [0.3, 0.4) is 0 Å². The molecule has 1 aliphatic heterocycles. The van der Waals surface area contributed by atoms with Crippen molar-refractivity contribution < 1.29 is 19.1 Å². The SMILES string of the molecule is CCOC(=O)N1CCc2c(sc(NC(=O)C(c3ccccc3)c3ccccc3)c2C(N)=O)C1. The standard InChI is InChI=1S/C25H25N3O4S/c1-2-32-25(31)28-14-13-18-19(15-28)33-24(21(18)22(26)29)27-23(30)20(16-9-5-3-6-10-16)17-11-7-4-8-12-17/h3-12,20H,2,13-15H2,1H3,(H2,26,29)(H,27,30). The lowest BCUT2D eigenvalue weighted by Gasteiger charge is -2.26. The molecule has 0 radical (unpaired) electrons. The Bertz CT molecular complexity index is 1120. The number of rotatable bonds is 6. The van der Waals surface area contributed by atoms with Crippen LogP contribution in [-0.2, 0) is 22.5 Å². The molecule has 0 saturated carbocycles. The highest BCUT2D eigenvalue weighted by atomic mass is 32.1. The highest BCUT2D eigenvalue weighted by molar-refractivity contribution is 7.17. The molecule has 33 heavy (non-hydrogen) atoms. The van der Waals surface area contributed by atoms with Crippen molar-refractivity contribution in [2.45, 2.75) is 25.8 Å². The molecule has 0 bridgehead atoms. The van der Waals surface area contributed by atoms with Gasteiger partial charge in [-0.25, -0.2) is 4.79 Å². The van der Waals surface area contributed by atoms with Gasteiger partial charge in [-0.1, -0.05) is 60.7 Å². The molecule has 2 aromatic carbocycles. The van der Waals surface area contributed by atoms with E-state index in [4.69, 9.17) is 10.5 Å². The predicted octanol–water partition coefficient (Wildman–Crippen LogP) is 4.13. The third-order valence-corrected chi connectivity index (χ3v) is 6.73. The number of hydrogen-bond acceptors (Lipinski definition) is 5. The summed E-state index contributed by atoms with van der Waals surface area (Å²) in [5.74, 6) is -1.40. The second kappa shape index (κ2) is 9.87. The largest absolute Gasteiger partial charge is 0.450 e. The molecular formula is C25H25N3O4S. The van der Waals surface area contributed by atoms with Gasteiger partial charge in [-0.3, -0.25) is 9.59 Å². The number of nitrogens with one attached hydrogen (secondary N) is 1. The predicted molar refractivity (Wildman–Crippen MR) is 127 cm³/mol. The molecule has 1 aromatic heterocycles. The van der Waals surface area contributed by atoms with Gasteiger partial charge < -0.3 is 20.7 Å². The number of nitrogens with two attached hydrogens (primary N) is 1. The van der Waals surface area contributed by atoms with Crippen LogP contribution in [0.4, 0.5) is 9.80 Å². The molecule has 0 unspecified atom stereocenters. The van der Waals surface area contributed by atoms with Crippen molar-refractivity contribution in [1.82, 2.24) is 4.90 Å². The summed E-state index contributed by atoms with van der Waals surface area (Å²) in [7, 11) is 0. The molecule has 0 saturated heterocycles. The smallest absolute Gasteiger partial charge is 0.410 e. The Hall–Kier alpha value is -3.65. The van der Waals surface area contributed by atoms with Crippen molar-refractivity contribution in [3.8, 4) is 0 Å². The average molecular weight is 464 g/mol. The number of fused-ring (bicyclic) bond motifs is 1. The zero-order chi connectivity index (χ0) is 23.4. The van der Waals surface area contributed by atoms with E-state index in [-0.39, 0.29) is 5.91 Å². The highest BCUT2D eigenvalue weighted by Gasteiger charge is 2.31. The van der Waals surface area contributed by atoms with Crippen molar-refractivity contribution in [1.29, 1.82) is 0 Å². The van der Waals surface area contributed by atoms with Gasteiger partial charge in [0.2, 0.25) is 5.91 Å². The number of amides is 3. The van der Waals surface area contributed by atoms with Crippen molar-refractivity contribution in [2.75, 3.05) is 18.5 Å². The minimum Gasteiger partial charge on any atom is -0.450 e. The lowest BCUT2D eigenvalue weighted by atomic mass is 9.90. The van der Waals surface area contributed by atoms with Gasteiger partial charge in [0.05, 0.1) is 24.6 Å². The molecule has 8 heteroatoms. The van der Waals surface area contributed by atoms with Gasteiger partial charge in [0.15, 0.2) is 0 Å². The van der Waals surface area contributed by atoms with Crippen molar-refractivity contribution in [3.05, 3.63) is 87.8 Å². The molecule has 1 aliphatic rings. The van der Waals surface area contributed by atoms with E-state index in [1.54, 1.807) is 11.8 Å². The van der Waals surface area contributed by atoms with Gasteiger partial charge in [-0.2, -0.15) is 0 Å². The second-order valence-corrected chi connectivity index (χ2v) is 8.79. The maximum Gasteiger partial charge on any atom is 0.410 e. The third-order valence-electron chi connectivity index (χ3n) is 5.59. The van der Waals surface area contributed by atoms with E-state index in [2.05, 4.69) is 5.32 Å². The van der Waals surface area contributed by atoms with Gasteiger partial charge in [-0.15, -0.1) is 11.3 Å². The van der Waals surface area contributed by atoms with Gasteiger partial charge in [0.1, 0.15) is 5.00 Å². The normalized spacial score (nSPS) is 12.8. The van der Waals surface area contributed by atoms with Crippen LogP contribution in [0, 0.1) is 0 Å². The van der Waals surface area contributed by atoms with Crippen LogP contribution in [0.1, 0.15) is 44.8 Å². The molecule has 2 heterocycles. The molecule has 170 valence electrons. The Kier molecular flexibility index (Phi) is 6.74. The van der Waals surface area contributed by atoms with E-state index >= 15 is 0 Å². The summed E-state index contributed by atoms with van der Waals surface area (Å²) >= 11 is 1.28. The molecule has 3 amide bonds. The van der Waals surface area contributed by atoms with Gasteiger partial charge in [0, 0.05) is 11.4 Å². The first-order valence-corrected chi connectivity index (χ1v) is 11.6. The number of carbonyl (C=O) groups is 3. The molecule has 0 aliphatic carbocycles. The van der Waals surface area contributed by atoms with Crippen LogP contribution >= 0.6 is 11.3 Å². The summed E-state index contributed by atoms with van der Waals surface area (Å²) in [6.07, 6.45) is 0.0792. The van der Waals surface area contributed by atoms with Crippen LogP contribution in [0.15, 0.2) is 60.7 Å². The number of nitrogens with zero attached hydrogens (tertiary/aromatic N) is 1. The Morgan fingerprint density at radius 2 is 1.67 bits per heavy atom. The first kappa shape index (κ1) is 22.5. The van der Waals surface area contributed by atoms with Gasteiger partial charge in [-0.05, 0) is 30.0 Å². The van der Waals surface area contributed by atoms with Crippen LogP contribution < -0.4 is 11.1 Å². The van der Waals surface area contributed by atoms with Crippen molar-refractivity contribution in [3.63, 3.8) is 0 Å². The molecule has 3 N–H and O–H groups in total. The Balaban J connectivity index is 1.66. The minimum absolute atomic E-state index is 0.254. The van der Waals surface area contributed by atoms with E-state index < -0.39 is 17.9 Å². The number of ether oxygens (including phenoxy) is 1. The fraction of sp³-hybridized carbons (Fsp3) is 0.240. The molecule has 0 spiro atoms. The van der Waals surface area contributed by atoms with E-state index in [0.717, 1.165) is 21.6 Å². The van der Waals surface area contributed by atoms with E-state index in [1.807, 2.05) is 60.7 Å². The number of primary amides is 1. The molecule has 7 nitrogen and oxygen atoms in total. The number of thiophene rings is 1. The van der Waals surface area contributed by atoms with Crippen LogP contribution in [-0.4, -0.2) is 36.0 Å². The second-order valence-electron chi connectivity index (χ2n) is 7.69. The molecule has 0 fully saturated rings. The number of anilines is 1. The third kappa shape index (κ3) is 4.75. The zero-order valence-corrected chi connectivity index (χ0v) is 19.1. The van der Waals surface area contributed by atoms with E-state index in [0.29, 0.717) is 36.7 Å². The zero-order valence-electron chi connectivity index (χ0n) is 18.2. The maximum absolute atomic E-state index is 13.5. The fourth-order valence-electron chi connectivity index (χ4n) is 4.09. The fourth-order valence-corrected chi connectivity index (χ4v) is 5.36. The number of hydrogen-bond donors (Lipinski definition) is 2. The van der Waals surface area contributed by atoms with Gasteiger partial charge >= 0.3 is 6.09 Å². The van der Waals surface area contributed by atoms with Crippen LogP contribution in [0.25, 0.3) is 0 Å². The molecular weight excluding hydrogens is 438 g/mol. The highest BCUT2D eigenvalue weighted by Crippen LogP contribution is 2.38. The summed E-state index contributed by atoms with van der Waals surface area (Å²) in [4.78, 5) is 40.4. The average Bonchev–Trinajstić information content (AvgIpc) is 3.18. The first-order valence-electron chi connectivity index (χ1n) is 10.8. The minimum atomic E-state index is -0.594. The van der Waals surface area contributed by atoms with E-state index in [1.165, 1.54) is 11.3 Å². The molecule has 0 atom stereocenters. The van der Waals surface area contributed by atoms with Crippen LogP contribution in [0.2, 0.25) is 0 Å². The Labute approximate surface area is 196 Å². The monoisotopic (exact) mass is 463 g/mol. The Morgan fingerprint density at radius 1 is 1.06 bits per heavy atom. The summed E-state index contributed by atoms with van der Waals surface area (Å²) in [6.45, 7) is 2.79. The molecule has 4 rings (SSSR count). The number of benzene rings is 2.